The molecule has 0 saturated heterocycles. The van der Waals surface area contributed by atoms with Crippen LogP contribution in [0.2, 0.25) is 0 Å². The molecule has 0 unspecified atom stereocenters. The molecule has 5 rings (SSSR count). The Bertz CT molecular complexity index is 1820. The van der Waals surface area contributed by atoms with Crippen molar-refractivity contribution in [2.24, 2.45) is 47.3 Å². The third kappa shape index (κ3) is 15.8. The second-order valence-electron chi connectivity index (χ2n) is 23.0. The molecule has 0 aliphatic rings. The van der Waals surface area contributed by atoms with Crippen molar-refractivity contribution in [2.75, 3.05) is 0 Å². The van der Waals surface area contributed by atoms with Crippen LogP contribution in [0.15, 0.2) is 97.1 Å². The van der Waals surface area contributed by atoms with E-state index in [0.717, 1.165) is 51.4 Å². The van der Waals surface area contributed by atoms with Crippen molar-refractivity contribution in [1.82, 2.24) is 0 Å². The minimum absolute atomic E-state index is 0.594. The zero-order valence-electron chi connectivity index (χ0n) is 43.4. The molecular formula is C62H88P2. The first kappa shape index (κ1) is 51.9. The fourth-order valence-corrected chi connectivity index (χ4v) is 15.6. The lowest BCUT2D eigenvalue weighted by Gasteiger charge is -2.30. The zero-order chi connectivity index (χ0) is 46.8. The Balaban J connectivity index is 1.95. The number of hydrogen-bond acceptors (Lipinski definition) is 0. The van der Waals surface area contributed by atoms with Crippen molar-refractivity contribution < 1.29 is 0 Å². The summed E-state index contributed by atoms with van der Waals surface area (Å²) < 4.78 is 0. The Morgan fingerprint density at radius 1 is 0.250 bits per heavy atom. The molecule has 0 aliphatic heterocycles. The molecule has 0 bridgehead atoms. The van der Waals surface area contributed by atoms with Crippen LogP contribution in [0, 0.1) is 47.3 Å². The van der Waals surface area contributed by atoms with Crippen LogP contribution >= 0.6 is 15.8 Å². The van der Waals surface area contributed by atoms with E-state index in [1.807, 2.05) is 0 Å². The Hall–Kier alpha value is -3.04. The highest BCUT2D eigenvalue weighted by Gasteiger charge is 2.29. The second-order valence-corrected chi connectivity index (χ2v) is 27.3. The van der Waals surface area contributed by atoms with Crippen molar-refractivity contribution in [2.45, 2.75) is 162 Å². The van der Waals surface area contributed by atoms with Crippen molar-refractivity contribution in [3.8, 4) is 0 Å². The summed E-state index contributed by atoms with van der Waals surface area (Å²) in [5, 5.41) is 9.16. The maximum Gasteiger partial charge on any atom is -0.00675 e. The van der Waals surface area contributed by atoms with Crippen LogP contribution in [-0.2, 0) is 51.4 Å². The molecule has 0 radical (unpaired) electrons. The molecule has 2 heteroatoms. The maximum atomic E-state index is 2.64. The molecule has 0 atom stereocenters. The molecule has 0 fully saturated rings. The van der Waals surface area contributed by atoms with Gasteiger partial charge in [0.25, 0.3) is 0 Å². The van der Waals surface area contributed by atoms with E-state index in [2.05, 4.69) is 208 Å². The monoisotopic (exact) mass is 895 g/mol. The van der Waals surface area contributed by atoms with Crippen LogP contribution in [0.1, 0.15) is 155 Å². The van der Waals surface area contributed by atoms with Crippen LogP contribution in [-0.4, -0.2) is 0 Å². The summed E-state index contributed by atoms with van der Waals surface area (Å²) in [5.41, 5.74) is 12.0. The van der Waals surface area contributed by atoms with Crippen molar-refractivity contribution in [1.29, 1.82) is 0 Å². The van der Waals surface area contributed by atoms with Gasteiger partial charge in [0.15, 0.2) is 0 Å². The number of benzene rings is 5. The Kier molecular flexibility index (Phi) is 19.6. The summed E-state index contributed by atoms with van der Waals surface area (Å²) in [7, 11) is -1.83. The molecule has 0 saturated carbocycles. The molecule has 64 heavy (non-hydrogen) atoms. The molecule has 0 spiro atoms. The van der Waals surface area contributed by atoms with Crippen molar-refractivity contribution in [3.05, 3.63) is 142 Å². The van der Waals surface area contributed by atoms with Gasteiger partial charge >= 0.3 is 0 Å². The Morgan fingerprint density at radius 2 is 0.406 bits per heavy atom. The molecule has 5 aromatic rings. The van der Waals surface area contributed by atoms with Crippen LogP contribution in [0.4, 0.5) is 0 Å². The van der Waals surface area contributed by atoms with Gasteiger partial charge in [0.2, 0.25) is 0 Å². The van der Waals surface area contributed by atoms with Crippen LogP contribution in [0.3, 0.4) is 0 Å². The van der Waals surface area contributed by atoms with E-state index in [9.17, 15) is 0 Å². The number of rotatable bonds is 22. The first-order valence-corrected chi connectivity index (χ1v) is 28.1. The van der Waals surface area contributed by atoms with E-state index in [1.54, 1.807) is 0 Å². The minimum atomic E-state index is -0.915. The minimum Gasteiger partial charge on any atom is -0.0625 e. The SMILES string of the molecule is CC(C)Cc1cc(CC(C)C)cc(P(c2cc(CC(C)C)cc(CC(C)C)c2)c2ccccc2P(c2cc(CC(C)C)cc(CC(C)C)c2)c2cc(CC(C)C)cc(CC(C)C)c2)c1. The standard InChI is InChI=1S/C62H88P2/c1-41(2)21-49-29-50(22-42(3)4)34-57(33-49)63(58-35-51(23-43(5)6)30-52(36-58)24-44(7)8)61-19-17-18-20-62(61)64(59-37-53(25-45(9)10)31-54(38-59)26-46(11)12)60-39-55(27-47(13)14)32-56(40-60)28-48(15)16/h17-20,29-48H,21-28H2,1-16H3. The van der Waals surface area contributed by atoms with E-state index in [1.165, 1.54) is 76.3 Å². The van der Waals surface area contributed by atoms with Crippen molar-refractivity contribution in [3.63, 3.8) is 0 Å². The maximum absolute atomic E-state index is 2.64. The fourth-order valence-electron chi connectivity index (χ4n) is 9.90. The molecule has 346 valence electrons. The van der Waals surface area contributed by atoms with Gasteiger partial charge in [-0.25, -0.2) is 0 Å². The van der Waals surface area contributed by atoms with Gasteiger partial charge in [-0.05, 0) is 191 Å². The first-order chi connectivity index (χ1) is 30.2. The third-order valence-corrected chi connectivity index (χ3v) is 16.7. The highest BCUT2D eigenvalue weighted by molar-refractivity contribution is 7.85. The molecule has 0 amide bonds. The molecule has 0 heterocycles. The van der Waals surface area contributed by atoms with E-state index < -0.39 is 15.8 Å². The van der Waals surface area contributed by atoms with Gasteiger partial charge in [-0.2, -0.15) is 0 Å². The van der Waals surface area contributed by atoms with Crippen LogP contribution in [0.5, 0.6) is 0 Å². The summed E-state index contributed by atoms with van der Waals surface area (Å²) in [5.74, 6) is 4.75. The summed E-state index contributed by atoms with van der Waals surface area (Å²) in [6, 6.07) is 41.1. The van der Waals surface area contributed by atoms with Gasteiger partial charge < -0.3 is 0 Å². The highest BCUT2D eigenvalue weighted by atomic mass is 31.1. The average Bonchev–Trinajstić information content (AvgIpc) is 3.13. The van der Waals surface area contributed by atoms with Gasteiger partial charge in [-0.15, -0.1) is 0 Å². The van der Waals surface area contributed by atoms with E-state index in [0.29, 0.717) is 47.3 Å². The second kappa shape index (κ2) is 24.1. The number of hydrogen-bond donors (Lipinski definition) is 0. The van der Waals surface area contributed by atoms with Crippen molar-refractivity contribution >= 4 is 47.7 Å². The van der Waals surface area contributed by atoms with Gasteiger partial charge in [0.1, 0.15) is 0 Å². The van der Waals surface area contributed by atoms with Gasteiger partial charge in [0.05, 0.1) is 0 Å². The normalized spacial score (nSPS) is 12.4. The van der Waals surface area contributed by atoms with Crippen LogP contribution < -0.4 is 31.8 Å². The first-order valence-electron chi connectivity index (χ1n) is 25.4. The largest absolute Gasteiger partial charge is 0.0625 e. The quantitative estimate of drug-likeness (QED) is 0.0607. The van der Waals surface area contributed by atoms with E-state index in [4.69, 9.17) is 0 Å². The summed E-state index contributed by atoms with van der Waals surface area (Å²) in [4.78, 5) is 0. The lowest BCUT2D eigenvalue weighted by atomic mass is 9.97. The average molecular weight is 895 g/mol. The predicted molar refractivity (Wildman–Crippen MR) is 292 cm³/mol. The van der Waals surface area contributed by atoms with Crippen LogP contribution in [0.25, 0.3) is 0 Å². The topological polar surface area (TPSA) is 0 Å². The molecule has 0 aliphatic carbocycles. The lowest BCUT2D eigenvalue weighted by Crippen LogP contribution is -2.35. The molecule has 5 aromatic carbocycles. The van der Waals surface area contributed by atoms with Gasteiger partial charge in [-0.1, -0.05) is 208 Å². The summed E-state index contributed by atoms with van der Waals surface area (Å²) >= 11 is 0. The molecule has 0 N–H and O–H groups in total. The predicted octanol–water partition coefficient (Wildman–Crippen LogP) is 14.8. The molecule has 0 aromatic heterocycles. The van der Waals surface area contributed by atoms with Gasteiger partial charge in [-0.3, -0.25) is 0 Å². The lowest BCUT2D eigenvalue weighted by molar-refractivity contribution is 0.636. The Morgan fingerprint density at radius 3 is 0.547 bits per heavy atom. The van der Waals surface area contributed by atoms with Gasteiger partial charge in [0, 0.05) is 0 Å². The Labute approximate surface area is 396 Å². The molecular weight excluding hydrogens is 807 g/mol. The third-order valence-electron chi connectivity index (χ3n) is 11.7. The van der Waals surface area contributed by atoms with E-state index in [-0.39, 0.29) is 0 Å². The fraction of sp³-hybridized carbons (Fsp3) is 0.516. The summed E-state index contributed by atoms with van der Waals surface area (Å²) in [6.45, 7) is 38.2. The smallest absolute Gasteiger partial charge is 0.00675 e. The highest BCUT2D eigenvalue weighted by Crippen LogP contribution is 2.41. The zero-order valence-corrected chi connectivity index (χ0v) is 45.2. The molecule has 0 nitrogen and oxygen atoms in total. The summed E-state index contributed by atoms with van der Waals surface area (Å²) in [6.07, 6.45) is 8.82. The van der Waals surface area contributed by atoms with E-state index >= 15 is 0 Å².